The molecule has 86 valence electrons. The first kappa shape index (κ1) is 11.0. The van der Waals surface area contributed by atoms with Crippen molar-refractivity contribution in [2.45, 2.75) is 24.0 Å². The largest absolute Gasteiger partial charge is 0.480 e. The van der Waals surface area contributed by atoms with Gasteiger partial charge >= 0.3 is 5.97 Å². The van der Waals surface area contributed by atoms with Crippen LogP contribution in [0.4, 0.5) is 8.78 Å². The summed E-state index contributed by atoms with van der Waals surface area (Å²) >= 11 is 0. The fourth-order valence-electron chi connectivity index (χ4n) is 2.11. The average Bonchev–Trinajstić information content (AvgIpc) is 2.15. The number of halogens is 2. The molecule has 3 N–H and O–H groups in total. The van der Waals surface area contributed by atoms with E-state index < -0.39 is 35.8 Å². The predicted molar refractivity (Wildman–Crippen MR) is 53.0 cm³/mol. The van der Waals surface area contributed by atoms with Crippen LogP contribution < -0.4 is 5.73 Å². The second kappa shape index (κ2) is 3.25. The summed E-state index contributed by atoms with van der Waals surface area (Å²) in [7, 11) is 0. The van der Waals surface area contributed by atoms with E-state index >= 15 is 0 Å². The zero-order chi connectivity index (χ0) is 12.0. The van der Waals surface area contributed by atoms with E-state index in [1.54, 1.807) is 0 Å². The fourth-order valence-corrected chi connectivity index (χ4v) is 2.11. The normalized spacial score (nSPS) is 33.2. The van der Waals surface area contributed by atoms with Gasteiger partial charge in [-0.15, -0.1) is 0 Å². The molecule has 0 heterocycles. The van der Waals surface area contributed by atoms with Gasteiger partial charge in [0.25, 0.3) is 0 Å². The van der Waals surface area contributed by atoms with Crippen molar-refractivity contribution < 1.29 is 18.7 Å². The molecule has 1 fully saturated rings. The molecular formula is C11H11F2NO2. The summed E-state index contributed by atoms with van der Waals surface area (Å²) in [6.07, 6.45) is -0.785. The standard InChI is InChI=1S/C11H11F2NO2/c12-8-4-2-1-3-7(8)10(13)5-11(14,6-10)9(15)16/h1-4H,5-6,14H2,(H,15,16). The van der Waals surface area contributed by atoms with E-state index in [4.69, 9.17) is 10.8 Å². The monoisotopic (exact) mass is 227 g/mol. The Balaban J connectivity index is 2.26. The maximum atomic E-state index is 14.2. The molecule has 16 heavy (non-hydrogen) atoms. The second-order valence-electron chi connectivity index (χ2n) is 4.26. The van der Waals surface area contributed by atoms with Gasteiger partial charge in [-0.05, 0) is 6.07 Å². The quantitative estimate of drug-likeness (QED) is 0.806. The Morgan fingerprint density at radius 1 is 1.38 bits per heavy atom. The number of alkyl halides is 1. The number of hydrogen-bond acceptors (Lipinski definition) is 2. The van der Waals surface area contributed by atoms with E-state index in [-0.39, 0.29) is 5.56 Å². The fraction of sp³-hybridized carbons (Fsp3) is 0.364. The summed E-state index contributed by atoms with van der Waals surface area (Å²) in [4.78, 5) is 10.7. The molecule has 1 aliphatic carbocycles. The van der Waals surface area contributed by atoms with Gasteiger partial charge in [0.1, 0.15) is 17.0 Å². The molecule has 5 heteroatoms. The van der Waals surface area contributed by atoms with Crippen LogP contribution in [0.25, 0.3) is 0 Å². The lowest BCUT2D eigenvalue weighted by atomic mass is 9.63. The summed E-state index contributed by atoms with van der Waals surface area (Å²) in [6, 6.07) is 5.43. The Labute approximate surface area is 90.9 Å². The highest BCUT2D eigenvalue weighted by atomic mass is 19.1. The highest BCUT2D eigenvalue weighted by Gasteiger charge is 2.59. The SMILES string of the molecule is NC1(C(=O)O)CC(F)(c2ccccc2F)C1. The third-order valence-corrected chi connectivity index (χ3v) is 2.97. The number of benzene rings is 1. The molecule has 2 rings (SSSR count). The van der Waals surface area contributed by atoms with E-state index in [0.29, 0.717) is 0 Å². The predicted octanol–water partition coefficient (Wildman–Crippen LogP) is 1.57. The number of rotatable bonds is 2. The van der Waals surface area contributed by atoms with Gasteiger partial charge in [-0.2, -0.15) is 0 Å². The average molecular weight is 227 g/mol. The topological polar surface area (TPSA) is 63.3 Å². The molecule has 0 bridgehead atoms. The van der Waals surface area contributed by atoms with Crippen molar-refractivity contribution in [3.63, 3.8) is 0 Å². The minimum atomic E-state index is -1.96. The first-order valence-corrected chi connectivity index (χ1v) is 4.84. The zero-order valence-electron chi connectivity index (χ0n) is 8.41. The third kappa shape index (κ3) is 1.48. The second-order valence-corrected chi connectivity index (χ2v) is 4.26. The first-order chi connectivity index (χ1) is 7.37. The third-order valence-electron chi connectivity index (χ3n) is 2.97. The summed E-state index contributed by atoms with van der Waals surface area (Å²) in [5.41, 5.74) is 1.80. The van der Waals surface area contributed by atoms with Gasteiger partial charge in [-0.25, -0.2) is 8.78 Å². The molecule has 0 aromatic heterocycles. The molecule has 0 aliphatic heterocycles. The van der Waals surface area contributed by atoms with Crippen molar-refractivity contribution in [3.8, 4) is 0 Å². The van der Waals surface area contributed by atoms with Crippen LogP contribution in [0, 0.1) is 5.82 Å². The van der Waals surface area contributed by atoms with Crippen molar-refractivity contribution in [3.05, 3.63) is 35.6 Å². The number of carbonyl (C=O) groups is 1. The molecule has 0 spiro atoms. The van der Waals surface area contributed by atoms with E-state index in [1.165, 1.54) is 18.2 Å². The van der Waals surface area contributed by atoms with Gasteiger partial charge in [0.2, 0.25) is 0 Å². The summed E-state index contributed by atoms with van der Waals surface area (Å²) < 4.78 is 27.5. The molecule has 1 aromatic rings. The smallest absolute Gasteiger partial charge is 0.323 e. The summed E-state index contributed by atoms with van der Waals surface area (Å²) in [5, 5.41) is 8.76. The van der Waals surface area contributed by atoms with Gasteiger partial charge < -0.3 is 10.8 Å². The Kier molecular flexibility index (Phi) is 2.24. The molecule has 1 saturated carbocycles. The Hall–Kier alpha value is -1.49. The van der Waals surface area contributed by atoms with E-state index in [1.807, 2.05) is 0 Å². The van der Waals surface area contributed by atoms with Crippen molar-refractivity contribution in [1.82, 2.24) is 0 Å². The summed E-state index contributed by atoms with van der Waals surface area (Å²) in [5.74, 6) is -1.92. The highest BCUT2D eigenvalue weighted by molar-refractivity contribution is 5.80. The lowest BCUT2D eigenvalue weighted by Gasteiger charge is -2.46. The van der Waals surface area contributed by atoms with Gasteiger partial charge in [0.05, 0.1) is 0 Å². The first-order valence-electron chi connectivity index (χ1n) is 4.84. The Morgan fingerprint density at radius 3 is 2.44 bits per heavy atom. The minimum Gasteiger partial charge on any atom is -0.480 e. The van der Waals surface area contributed by atoms with Crippen LogP contribution in [0.2, 0.25) is 0 Å². The zero-order valence-corrected chi connectivity index (χ0v) is 8.41. The van der Waals surface area contributed by atoms with Crippen LogP contribution >= 0.6 is 0 Å². The lowest BCUT2D eigenvalue weighted by Crippen LogP contribution is -2.63. The molecule has 0 amide bonds. The van der Waals surface area contributed by atoms with Crippen molar-refractivity contribution in [1.29, 1.82) is 0 Å². The van der Waals surface area contributed by atoms with Crippen molar-refractivity contribution in [2.75, 3.05) is 0 Å². The maximum absolute atomic E-state index is 14.2. The van der Waals surface area contributed by atoms with Crippen LogP contribution in [0.15, 0.2) is 24.3 Å². The number of carboxylic acids is 1. The van der Waals surface area contributed by atoms with Crippen LogP contribution in [-0.2, 0) is 10.5 Å². The Morgan fingerprint density at radius 2 is 1.94 bits per heavy atom. The van der Waals surface area contributed by atoms with E-state index in [0.717, 1.165) is 6.07 Å². The van der Waals surface area contributed by atoms with Crippen LogP contribution in [0.1, 0.15) is 18.4 Å². The Bertz CT molecular complexity index is 441. The molecule has 0 atom stereocenters. The van der Waals surface area contributed by atoms with E-state index in [2.05, 4.69) is 0 Å². The van der Waals surface area contributed by atoms with Gasteiger partial charge in [0, 0.05) is 18.4 Å². The number of carboxylic acid groups (broad SMARTS) is 1. The van der Waals surface area contributed by atoms with Crippen molar-refractivity contribution in [2.24, 2.45) is 5.73 Å². The van der Waals surface area contributed by atoms with Crippen LogP contribution in [0.5, 0.6) is 0 Å². The van der Waals surface area contributed by atoms with Gasteiger partial charge in [-0.1, -0.05) is 18.2 Å². The molecule has 3 nitrogen and oxygen atoms in total. The van der Waals surface area contributed by atoms with Crippen LogP contribution in [0.3, 0.4) is 0 Å². The molecule has 0 saturated heterocycles. The van der Waals surface area contributed by atoms with E-state index in [9.17, 15) is 13.6 Å². The van der Waals surface area contributed by atoms with Gasteiger partial charge in [-0.3, -0.25) is 4.79 Å². The highest BCUT2D eigenvalue weighted by Crippen LogP contribution is 2.50. The molecule has 0 unspecified atom stereocenters. The molecular weight excluding hydrogens is 216 g/mol. The lowest BCUT2D eigenvalue weighted by molar-refractivity contribution is -0.155. The van der Waals surface area contributed by atoms with Gasteiger partial charge in [0.15, 0.2) is 0 Å². The number of aliphatic carboxylic acids is 1. The maximum Gasteiger partial charge on any atom is 0.323 e. The summed E-state index contributed by atoms with van der Waals surface area (Å²) in [6.45, 7) is 0. The number of hydrogen-bond donors (Lipinski definition) is 2. The molecule has 1 aromatic carbocycles. The van der Waals surface area contributed by atoms with Crippen LogP contribution in [-0.4, -0.2) is 16.6 Å². The number of nitrogens with two attached hydrogens (primary N) is 1. The molecule has 1 aliphatic rings. The molecule has 0 radical (unpaired) electrons. The van der Waals surface area contributed by atoms with Crippen molar-refractivity contribution >= 4 is 5.97 Å². The minimum absolute atomic E-state index is 0.114.